The predicted molar refractivity (Wildman–Crippen MR) is 55.7 cm³/mol. The van der Waals surface area contributed by atoms with Crippen LogP contribution in [-0.2, 0) is 17.7 Å². The monoisotopic (exact) mass is 229 g/mol. The topological polar surface area (TPSA) is 78.2 Å². The largest absolute Gasteiger partial charge is 0.755 e. The Morgan fingerprint density at radius 3 is 3.00 bits per heavy atom. The minimum Gasteiger partial charge on any atom is -0.755 e. The summed E-state index contributed by atoms with van der Waals surface area (Å²) in [6.07, 6.45) is 3.17. The smallest absolute Gasteiger partial charge is 0.123 e. The first-order valence-corrected chi connectivity index (χ1v) is 5.21. The Kier molecular flexibility index (Phi) is 4.26. The fourth-order valence-electron chi connectivity index (χ4n) is 1.04. The SMILES string of the molecule is Nc1ccc(F)cc1C/C=C/NS(=O)[O-]. The van der Waals surface area contributed by atoms with Gasteiger partial charge in [0.2, 0.25) is 0 Å². The molecule has 0 aromatic heterocycles. The highest BCUT2D eigenvalue weighted by Gasteiger charge is 1.98. The number of halogens is 1. The van der Waals surface area contributed by atoms with Crippen LogP contribution in [0.1, 0.15) is 5.56 Å². The van der Waals surface area contributed by atoms with Crippen LogP contribution in [0, 0.1) is 5.82 Å². The van der Waals surface area contributed by atoms with Crippen LogP contribution in [0.4, 0.5) is 10.1 Å². The normalized spacial score (nSPS) is 12.9. The van der Waals surface area contributed by atoms with Crippen molar-refractivity contribution in [2.45, 2.75) is 6.42 Å². The van der Waals surface area contributed by atoms with Gasteiger partial charge in [0.1, 0.15) is 5.82 Å². The van der Waals surface area contributed by atoms with E-state index in [2.05, 4.69) is 4.72 Å². The summed E-state index contributed by atoms with van der Waals surface area (Å²) in [5.74, 6) is -0.368. The number of hydrogen-bond acceptors (Lipinski definition) is 3. The van der Waals surface area contributed by atoms with Crippen LogP contribution in [0.15, 0.2) is 30.5 Å². The van der Waals surface area contributed by atoms with Gasteiger partial charge >= 0.3 is 0 Å². The van der Waals surface area contributed by atoms with E-state index in [4.69, 9.17) is 5.73 Å². The van der Waals surface area contributed by atoms with Gasteiger partial charge in [0.25, 0.3) is 0 Å². The molecule has 0 fully saturated rings. The number of benzene rings is 1. The molecule has 0 amide bonds. The van der Waals surface area contributed by atoms with Crippen molar-refractivity contribution in [3.63, 3.8) is 0 Å². The summed E-state index contributed by atoms with van der Waals surface area (Å²) in [6, 6.07) is 4.05. The molecule has 15 heavy (non-hydrogen) atoms. The Bertz CT molecular complexity index is 396. The molecule has 1 atom stereocenters. The van der Waals surface area contributed by atoms with Gasteiger partial charge in [-0.15, -0.1) is 0 Å². The van der Waals surface area contributed by atoms with Gasteiger partial charge in [0.05, 0.1) is 0 Å². The number of nitrogen functional groups attached to an aromatic ring is 1. The molecule has 0 bridgehead atoms. The molecule has 0 aliphatic carbocycles. The number of anilines is 1. The quantitative estimate of drug-likeness (QED) is 0.593. The lowest BCUT2D eigenvalue weighted by Crippen LogP contribution is -2.07. The van der Waals surface area contributed by atoms with Gasteiger partial charge < -0.3 is 15.0 Å². The first kappa shape index (κ1) is 11.7. The summed E-state index contributed by atoms with van der Waals surface area (Å²) in [5.41, 5.74) is 6.68. The minimum absolute atomic E-state index is 0.368. The highest BCUT2D eigenvalue weighted by atomic mass is 32.2. The molecule has 82 valence electrons. The number of allylic oxidation sites excluding steroid dienone is 1. The second kappa shape index (κ2) is 5.47. The Balaban J connectivity index is 2.60. The van der Waals surface area contributed by atoms with Crippen LogP contribution >= 0.6 is 0 Å². The second-order valence-corrected chi connectivity index (χ2v) is 3.51. The van der Waals surface area contributed by atoms with Gasteiger partial charge in [-0.3, -0.25) is 4.21 Å². The molecule has 1 aromatic carbocycles. The van der Waals surface area contributed by atoms with Gasteiger partial charge in [0, 0.05) is 23.2 Å². The van der Waals surface area contributed by atoms with Gasteiger partial charge in [0.15, 0.2) is 0 Å². The lowest BCUT2D eigenvalue weighted by atomic mass is 10.1. The summed E-state index contributed by atoms with van der Waals surface area (Å²) in [7, 11) is 0. The Morgan fingerprint density at radius 2 is 2.33 bits per heavy atom. The highest BCUT2D eigenvalue weighted by molar-refractivity contribution is 7.77. The number of nitrogens with one attached hydrogen (secondary N) is 1. The molecule has 0 heterocycles. The van der Waals surface area contributed by atoms with Crippen molar-refractivity contribution in [2.24, 2.45) is 0 Å². The first-order chi connectivity index (χ1) is 7.09. The van der Waals surface area contributed by atoms with Crippen molar-refractivity contribution in [3.05, 3.63) is 41.9 Å². The zero-order chi connectivity index (χ0) is 11.3. The minimum atomic E-state index is -2.33. The van der Waals surface area contributed by atoms with Gasteiger partial charge in [-0.05, 0) is 30.2 Å². The zero-order valence-corrected chi connectivity index (χ0v) is 8.59. The molecule has 0 aliphatic heterocycles. The Labute approximate surface area is 89.4 Å². The summed E-state index contributed by atoms with van der Waals surface area (Å²) in [4.78, 5) is 0. The van der Waals surface area contributed by atoms with E-state index in [0.717, 1.165) is 0 Å². The number of rotatable bonds is 4. The highest BCUT2D eigenvalue weighted by Crippen LogP contribution is 2.13. The van der Waals surface area contributed by atoms with E-state index in [1.54, 1.807) is 6.08 Å². The van der Waals surface area contributed by atoms with Crippen LogP contribution in [-0.4, -0.2) is 8.76 Å². The summed E-state index contributed by atoms with van der Waals surface area (Å²) in [6.45, 7) is 0. The van der Waals surface area contributed by atoms with Crippen LogP contribution in [0.3, 0.4) is 0 Å². The van der Waals surface area contributed by atoms with Crippen molar-refractivity contribution < 1.29 is 13.2 Å². The number of hydrogen-bond donors (Lipinski definition) is 2. The van der Waals surface area contributed by atoms with E-state index in [0.29, 0.717) is 17.7 Å². The molecule has 6 heteroatoms. The third kappa shape index (κ3) is 4.09. The Hall–Kier alpha value is -1.40. The molecule has 0 spiro atoms. The standard InChI is InChI=1S/C9H11FN2O2S/c10-8-3-4-9(11)7(6-8)2-1-5-12-15(13)14/h1,3-6,12H,2,11H2,(H,13,14)/p-1/b5-1+. The third-order valence-corrected chi connectivity index (χ3v) is 2.05. The van der Waals surface area contributed by atoms with E-state index in [9.17, 15) is 13.2 Å². The molecule has 0 radical (unpaired) electrons. The molecule has 0 aliphatic rings. The molecule has 1 rings (SSSR count). The van der Waals surface area contributed by atoms with Crippen LogP contribution in [0.5, 0.6) is 0 Å². The average molecular weight is 229 g/mol. The van der Waals surface area contributed by atoms with Crippen molar-refractivity contribution in [3.8, 4) is 0 Å². The summed E-state index contributed by atoms with van der Waals surface area (Å²) >= 11 is -2.33. The molecule has 3 N–H and O–H groups in total. The van der Waals surface area contributed by atoms with Crippen molar-refractivity contribution in [2.75, 3.05) is 5.73 Å². The van der Waals surface area contributed by atoms with Crippen LogP contribution < -0.4 is 10.5 Å². The maximum atomic E-state index is 12.8. The van der Waals surface area contributed by atoms with Crippen molar-refractivity contribution in [1.82, 2.24) is 4.72 Å². The fraction of sp³-hybridized carbons (Fsp3) is 0.111. The maximum absolute atomic E-state index is 12.8. The molecule has 0 saturated carbocycles. The molecule has 4 nitrogen and oxygen atoms in total. The molecular weight excluding hydrogens is 219 g/mol. The van der Waals surface area contributed by atoms with E-state index in [1.165, 1.54) is 24.4 Å². The molecule has 1 unspecified atom stereocenters. The van der Waals surface area contributed by atoms with Gasteiger partial charge in [-0.2, -0.15) is 0 Å². The van der Waals surface area contributed by atoms with E-state index < -0.39 is 11.3 Å². The summed E-state index contributed by atoms with van der Waals surface area (Å²) in [5, 5.41) is 0. The predicted octanol–water partition coefficient (Wildman–Crippen LogP) is 0.848. The lowest BCUT2D eigenvalue weighted by Gasteiger charge is -2.04. The fourth-order valence-corrected chi connectivity index (χ4v) is 1.25. The summed E-state index contributed by atoms with van der Waals surface area (Å²) < 4.78 is 35.0. The van der Waals surface area contributed by atoms with Crippen molar-refractivity contribution in [1.29, 1.82) is 0 Å². The van der Waals surface area contributed by atoms with E-state index in [1.807, 2.05) is 0 Å². The van der Waals surface area contributed by atoms with Crippen molar-refractivity contribution >= 4 is 17.0 Å². The van der Waals surface area contributed by atoms with Gasteiger partial charge in [-0.1, -0.05) is 6.08 Å². The molecule has 0 saturated heterocycles. The second-order valence-electron chi connectivity index (χ2n) is 2.80. The third-order valence-electron chi connectivity index (χ3n) is 1.72. The Morgan fingerprint density at radius 1 is 1.60 bits per heavy atom. The molecule has 1 aromatic rings. The van der Waals surface area contributed by atoms with Crippen LogP contribution in [0.25, 0.3) is 0 Å². The van der Waals surface area contributed by atoms with E-state index in [-0.39, 0.29) is 5.82 Å². The van der Waals surface area contributed by atoms with E-state index >= 15 is 0 Å². The maximum Gasteiger partial charge on any atom is 0.123 e. The van der Waals surface area contributed by atoms with Gasteiger partial charge in [-0.25, -0.2) is 4.39 Å². The lowest BCUT2D eigenvalue weighted by molar-refractivity contribution is 0.531. The average Bonchev–Trinajstić information content (AvgIpc) is 2.17. The van der Waals surface area contributed by atoms with Crippen LogP contribution in [0.2, 0.25) is 0 Å². The zero-order valence-electron chi connectivity index (χ0n) is 7.77. The first-order valence-electron chi connectivity index (χ1n) is 4.14. The molecular formula is C9H10FN2O2S-. The number of nitrogens with two attached hydrogens (primary N) is 1.